The van der Waals surface area contributed by atoms with Crippen molar-refractivity contribution >= 4 is 28.9 Å². The van der Waals surface area contributed by atoms with Gasteiger partial charge in [-0.15, -0.1) is 0 Å². The molecule has 2 aromatic rings. The summed E-state index contributed by atoms with van der Waals surface area (Å²) in [6.07, 6.45) is 3.86. The molecule has 0 aliphatic heterocycles. The summed E-state index contributed by atoms with van der Waals surface area (Å²) in [5.74, 6) is 0.544. The zero-order chi connectivity index (χ0) is 18.5. The Balaban J connectivity index is 1.62. The van der Waals surface area contributed by atoms with Gasteiger partial charge in [0.2, 0.25) is 0 Å². The van der Waals surface area contributed by atoms with E-state index in [-0.39, 0.29) is 6.03 Å². The molecule has 1 aliphatic carbocycles. The molecule has 1 saturated carbocycles. The highest BCUT2D eigenvalue weighted by Gasteiger charge is 2.23. The summed E-state index contributed by atoms with van der Waals surface area (Å²) in [5.41, 5.74) is 4.35. The number of carbonyl (C=O) groups is 1. The number of aryl methyl sites for hydroxylation is 1. The van der Waals surface area contributed by atoms with E-state index in [0.29, 0.717) is 11.9 Å². The third-order valence-corrected chi connectivity index (χ3v) is 4.54. The second-order valence-electron chi connectivity index (χ2n) is 6.60. The number of rotatable bonds is 7. The van der Waals surface area contributed by atoms with Gasteiger partial charge in [-0.05, 0) is 69.5 Å². The van der Waals surface area contributed by atoms with Gasteiger partial charge >= 0.3 is 6.03 Å². The van der Waals surface area contributed by atoms with Crippen molar-refractivity contribution < 1.29 is 4.79 Å². The molecule has 1 heterocycles. The Hall–Kier alpha value is -2.76. The number of hydrogen-bond acceptors (Lipinski definition) is 4. The highest BCUT2D eigenvalue weighted by atomic mass is 16.2. The van der Waals surface area contributed by atoms with E-state index in [0.717, 1.165) is 37.3 Å². The fourth-order valence-electron chi connectivity index (χ4n) is 2.84. The summed E-state index contributed by atoms with van der Waals surface area (Å²) in [6.45, 7) is 8.42. The first kappa shape index (κ1) is 18.0. The fourth-order valence-corrected chi connectivity index (χ4v) is 2.84. The lowest BCUT2D eigenvalue weighted by molar-refractivity contribution is 0.251. The molecule has 1 aromatic carbocycles. The molecule has 1 fully saturated rings. The van der Waals surface area contributed by atoms with Crippen molar-refractivity contribution in [1.29, 1.82) is 0 Å². The number of amides is 2. The molecule has 138 valence electrons. The molecular formula is C20H27N5O. The molecule has 1 aliphatic rings. The second kappa shape index (κ2) is 8.08. The van der Waals surface area contributed by atoms with Crippen molar-refractivity contribution in [2.24, 2.45) is 0 Å². The number of benzene rings is 1. The van der Waals surface area contributed by atoms with Gasteiger partial charge in [0, 0.05) is 30.5 Å². The van der Waals surface area contributed by atoms with Gasteiger partial charge in [0.1, 0.15) is 5.82 Å². The lowest BCUT2D eigenvalue weighted by Crippen LogP contribution is -2.30. The van der Waals surface area contributed by atoms with Crippen LogP contribution in [-0.2, 0) is 0 Å². The average Bonchev–Trinajstić information content (AvgIpc) is 3.44. The van der Waals surface area contributed by atoms with Crippen molar-refractivity contribution in [3.05, 3.63) is 42.1 Å². The first-order chi connectivity index (χ1) is 12.6. The summed E-state index contributed by atoms with van der Waals surface area (Å²) in [6, 6.07) is 10.3. The molecule has 0 spiro atoms. The van der Waals surface area contributed by atoms with Crippen molar-refractivity contribution in [1.82, 2.24) is 10.3 Å². The van der Waals surface area contributed by atoms with Crippen LogP contribution in [-0.4, -0.2) is 30.1 Å². The van der Waals surface area contributed by atoms with E-state index in [2.05, 4.69) is 64.8 Å². The molecule has 1 aromatic heterocycles. The summed E-state index contributed by atoms with van der Waals surface area (Å²) in [7, 11) is 0. The number of pyridine rings is 1. The quantitative estimate of drug-likeness (QED) is 0.695. The Morgan fingerprint density at radius 1 is 1.19 bits per heavy atom. The van der Waals surface area contributed by atoms with Crippen molar-refractivity contribution in [3.8, 4) is 0 Å². The molecule has 2 amide bonds. The maximum atomic E-state index is 11.7. The molecule has 0 atom stereocenters. The molecule has 6 heteroatoms. The zero-order valence-electron chi connectivity index (χ0n) is 15.7. The minimum absolute atomic E-state index is 0.191. The van der Waals surface area contributed by atoms with E-state index in [9.17, 15) is 4.79 Å². The van der Waals surface area contributed by atoms with Gasteiger partial charge in [-0.1, -0.05) is 0 Å². The predicted octanol–water partition coefficient (Wildman–Crippen LogP) is 4.26. The highest BCUT2D eigenvalue weighted by molar-refractivity contribution is 5.88. The second-order valence-corrected chi connectivity index (χ2v) is 6.60. The first-order valence-electron chi connectivity index (χ1n) is 9.25. The van der Waals surface area contributed by atoms with E-state index in [1.165, 1.54) is 11.3 Å². The van der Waals surface area contributed by atoms with Gasteiger partial charge < -0.3 is 15.5 Å². The van der Waals surface area contributed by atoms with E-state index in [4.69, 9.17) is 0 Å². The average molecular weight is 353 g/mol. The monoisotopic (exact) mass is 353 g/mol. The number of hydrogen-bond donors (Lipinski definition) is 3. The maximum absolute atomic E-state index is 11.7. The van der Waals surface area contributed by atoms with Crippen LogP contribution >= 0.6 is 0 Å². The van der Waals surface area contributed by atoms with Gasteiger partial charge in [0.25, 0.3) is 0 Å². The summed E-state index contributed by atoms with van der Waals surface area (Å²) in [5, 5.41) is 9.02. The number of carbonyl (C=O) groups excluding carboxylic acids is 1. The van der Waals surface area contributed by atoms with Crippen LogP contribution in [0.5, 0.6) is 0 Å². The Morgan fingerprint density at radius 2 is 1.96 bits per heavy atom. The Morgan fingerprint density at radius 3 is 2.54 bits per heavy atom. The number of urea groups is 1. The predicted molar refractivity (Wildman–Crippen MR) is 107 cm³/mol. The molecule has 0 radical (unpaired) electrons. The third kappa shape index (κ3) is 4.65. The molecule has 3 rings (SSSR count). The van der Waals surface area contributed by atoms with Crippen molar-refractivity contribution in [2.45, 2.75) is 39.7 Å². The largest absolute Gasteiger partial charge is 0.372 e. The first-order valence-corrected chi connectivity index (χ1v) is 9.25. The van der Waals surface area contributed by atoms with Crippen LogP contribution in [0.25, 0.3) is 0 Å². The van der Waals surface area contributed by atoms with E-state index in [1.54, 1.807) is 12.3 Å². The Kier molecular flexibility index (Phi) is 5.61. The smallest absolute Gasteiger partial charge is 0.320 e. The molecule has 3 N–H and O–H groups in total. The molecule has 0 unspecified atom stereocenters. The zero-order valence-corrected chi connectivity index (χ0v) is 15.7. The summed E-state index contributed by atoms with van der Waals surface area (Å²) in [4.78, 5) is 18.4. The van der Waals surface area contributed by atoms with Crippen LogP contribution in [0.2, 0.25) is 0 Å². The minimum Gasteiger partial charge on any atom is -0.372 e. The fraction of sp³-hybridized carbons (Fsp3) is 0.400. The number of aromatic nitrogens is 1. The standard InChI is InChI=1S/C20H27N5O/c1-4-25(5-2)17-9-10-18(14(3)12-17)22-16-8-11-19(21-13-16)24-20(26)23-15-6-7-15/h8-13,15,22H,4-7H2,1-3H3,(H2,21,23,24,26). The van der Waals surface area contributed by atoms with Crippen LogP contribution in [0.3, 0.4) is 0 Å². The normalized spacial score (nSPS) is 13.2. The van der Waals surface area contributed by atoms with Gasteiger partial charge in [-0.3, -0.25) is 5.32 Å². The van der Waals surface area contributed by atoms with Crippen molar-refractivity contribution in [3.63, 3.8) is 0 Å². The van der Waals surface area contributed by atoms with Crippen LogP contribution < -0.4 is 20.9 Å². The molecule has 6 nitrogen and oxygen atoms in total. The lowest BCUT2D eigenvalue weighted by atomic mass is 10.1. The minimum atomic E-state index is -0.191. The van der Waals surface area contributed by atoms with Gasteiger partial charge in [-0.2, -0.15) is 0 Å². The maximum Gasteiger partial charge on any atom is 0.320 e. The topological polar surface area (TPSA) is 69.3 Å². The van der Waals surface area contributed by atoms with Crippen LogP contribution in [0.1, 0.15) is 32.3 Å². The van der Waals surface area contributed by atoms with E-state index < -0.39 is 0 Å². The third-order valence-electron chi connectivity index (χ3n) is 4.54. The Labute approximate surface area is 155 Å². The molecule has 0 saturated heterocycles. The highest BCUT2D eigenvalue weighted by Crippen LogP contribution is 2.25. The summed E-state index contributed by atoms with van der Waals surface area (Å²) >= 11 is 0. The van der Waals surface area contributed by atoms with E-state index in [1.807, 2.05) is 6.07 Å². The molecule has 0 bridgehead atoms. The van der Waals surface area contributed by atoms with Gasteiger partial charge in [0.05, 0.1) is 11.9 Å². The molecule has 26 heavy (non-hydrogen) atoms. The summed E-state index contributed by atoms with van der Waals surface area (Å²) < 4.78 is 0. The number of nitrogens with one attached hydrogen (secondary N) is 3. The van der Waals surface area contributed by atoms with Gasteiger partial charge in [0.15, 0.2) is 0 Å². The van der Waals surface area contributed by atoms with Gasteiger partial charge in [-0.25, -0.2) is 9.78 Å². The van der Waals surface area contributed by atoms with E-state index >= 15 is 0 Å². The molecular weight excluding hydrogens is 326 g/mol. The van der Waals surface area contributed by atoms with Crippen LogP contribution in [0.4, 0.5) is 27.7 Å². The number of anilines is 4. The lowest BCUT2D eigenvalue weighted by Gasteiger charge is -2.22. The number of nitrogens with zero attached hydrogens (tertiary/aromatic N) is 2. The van der Waals surface area contributed by atoms with Crippen molar-refractivity contribution in [2.75, 3.05) is 28.6 Å². The Bertz CT molecular complexity index is 751. The van der Waals surface area contributed by atoms with Crippen LogP contribution in [0.15, 0.2) is 36.5 Å². The SMILES string of the molecule is CCN(CC)c1ccc(Nc2ccc(NC(=O)NC3CC3)nc2)c(C)c1. The van der Waals surface area contributed by atoms with Crippen LogP contribution in [0, 0.1) is 6.92 Å².